The van der Waals surface area contributed by atoms with Crippen molar-refractivity contribution in [3.05, 3.63) is 12.4 Å². The van der Waals surface area contributed by atoms with Crippen LogP contribution in [0.15, 0.2) is 12.4 Å². The molecule has 1 aliphatic heterocycles. The molecule has 15 heavy (non-hydrogen) atoms. The summed E-state index contributed by atoms with van der Waals surface area (Å²) in [5, 5.41) is 3.43. The Labute approximate surface area is 89.6 Å². The van der Waals surface area contributed by atoms with Gasteiger partial charge in [0.25, 0.3) is 0 Å². The zero-order chi connectivity index (χ0) is 10.1. The fourth-order valence-corrected chi connectivity index (χ4v) is 2.01. The molecule has 1 aromatic heterocycles. The first-order valence-corrected chi connectivity index (χ1v) is 5.81. The summed E-state index contributed by atoms with van der Waals surface area (Å²) in [4.78, 5) is 4.33. The molecule has 1 aromatic rings. The highest BCUT2D eigenvalue weighted by atomic mass is 16.5. The van der Waals surface area contributed by atoms with Gasteiger partial charge in [-0.2, -0.15) is 0 Å². The highest BCUT2D eigenvalue weighted by molar-refractivity contribution is 5.29. The van der Waals surface area contributed by atoms with E-state index in [0.717, 1.165) is 19.1 Å². The Morgan fingerprint density at radius 3 is 3.13 bits per heavy atom. The molecule has 0 aromatic carbocycles. The SMILES string of the molecule is c1cn(CC2CCCO2)c(NC2CC2)n1. The molecule has 1 saturated heterocycles. The van der Waals surface area contributed by atoms with E-state index in [1.807, 2.05) is 12.4 Å². The van der Waals surface area contributed by atoms with Gasteiger partial charge in [-0.1, -0.05) is 0 Å². The van der Waals surface area contributed by atoms with E-state index in [-0.39, 0.29) is 0 Å². The minimum absolute atomic E-state index is 0.388. The standard InChI is InChI=1S/C11H17N3O/c1-2-10(15-7-1)8-14-6-5-12-11(14)13-9-3-4-9/h5-6,9-10H,1-4,7-8H2,(H,12,13). The van der Waals surface area contributed by atoms with Crippen LogP contribution in [0.2, 0.25) is 0 Å². The van der Waals surface area contributed by atoms with Crippen molar-refractivity contribution in [2.45, 2.75) is 44.4 Å². The van der Waals surface area contributed by atoms with Crippen LogP contribution in [0.1, 0.15) is 25.7 Å². The smallest absolute Gasteiger partial charge is 0.203 e. The molecular formula is C11H17N3O. The number of nitrogens with one attached hydrogen (secondary N) is 1. The molecule has 1 atom stereocenters. The third kappa shape index (κ3) is 2.15. The van der Waals surface area contributed by atoms with E-state index >= 15 is 0 Å². The Kier molecular flexibility index (Phi) is 2.37. The summed E-state index contributed by atoms with van der Waals surface area (Å²) in [6.45, 7) is 1.86. The lowest BCUT2D eigenvalue weighted by molar-refractivity contribution is 0.0974. The Bertz CT molecular complexity index is 326. The first-order valence-electron chi connectivity index (χ1n) is 5.81. The topological polar surface area (TPSA) is 39.1 Å². The summed E-state index contributed by atoms with van der Waals surface area (Å²) in [6.07, 6.45) is 9.23. The second-order valence-electron chi connectivity index (χ2n) is 4.46. The predicted molar refractivity (Wildman–Crippen MR) is 57.8 cm³/mol. The van der Waals surface area contributed by atoms with Crippen LogP contribution < -0.4 is 5.32 Å². The number of rotatable bonds is 4. The van der Waals surface area contributed by atoms with Crippen LogP contribution in [0.25, 0.3) is 0 Å². The van der Waals surface area contributed by atoms with Gasteiger partial charge >= 0.3 is 0 Å². The largest absolute Gasteiger partial charge is 0.376 e. The minimum Gasteiger partial charge on any atom is -0.376 e. The molecule has 4 heteroatoms. The zero-order valence-electron chi connectivity index (χ0n) is 8.85. The van der Waals surface area contributed by atoms with Crippen LogP contribution in [0, 0.1) is 0 Å². The van der Waals surface area contributed by atoms with Gasteiger partial charge in [-0.15, -0.1) is 0 Å². The first-order chi connectivity index (χ1) is 7.42. The van der Waals surface area contributed by atoms with Crippen LogP contribution in [0.5, 0.6) is 0 Å². The van der Waals surface area contributed by atoms with Gasteiger partial charge in [0.2, 0.25) is 5.95 Å². The molecule has 0 radical (unpaired) electrons. The molecule has 4 nitrogen and oxygen atoms in total. The van der Waals surface area contributed by atoms with E-state index in [1.165, 1.54) is 25.7 Å². The molecular weight excluding hydrogens is 190 g/mol. The van der Waals surface area contributed by atoms with Crippen molar-refractivity contribution < 1.29 is 4.74 Å². The highest BCUT2D eigenvalue weighted by Crippen LogP contribution is 2.24. The van der Waals surface area contributed by atoms with E-state index in [0.29, 0.717) is 12.1 Å². The van der Waals surface area contributed by atoms with Gasteiger partial charge in [-0.05, 0) is 25.7 Å². The van der Waals surface area contributed by atoms with Crippen molar-refractivity contribution in [2.75, 3.05) is 11.9 Å². The van der Waals surface area contributed by atoms with Gasteiger partial charge in [-0.25, -0.2) is 4.98 Å². The van der Waals surface area contributed by atoms with Crippen molar-refractivity contribution in [1.82, 2.24) is 9.55 Å². The molecule has 1 saturated carbocycles. The number of ether oxygens (including phenoxy) is 1. The van der Waals surface area contributed by atoms with Crippen molar-refractivity contribution in [3.8, 4) is 0 Å². The van der Waals surface area contributed by atoms with Gasteiger partial charge in [0.05, 0.1) is 12.6 Å². The van der Waals surface area contributed by atoms with Crippen molar-refractivity contribution >= 4 is 5.95 Å². The molecule has 0 bridgehead atoms. The van der Waals surface area contributed by atoms with Crippen LogP contribution >= 0.6 is 0 Å². The highest BCUT2D eigenvalue weighted by Gasteiger charge is 2.23. The van der Waals surface area contributed by atoms with Gasteiger partial charge in [0.1, 0.15) is 0 Å². The number of imidazole rings is 1. The van der Waals surface area contributed by atoms with Crippen molar-refractivity contribution in [3.63, 3.8) is 0 Å². The molecule has 1 aliphatic carbocycles. The van der Waals surface area contributed by atoms with Crippen molar-refractivity contribution in [1.29, 1.82) is 0 Å². The Morgan fingerprint density at radius 1 is 1.47 bits per heavy atom. The number of hydrogen-bond donors (Lipinski definition) is 1. The summed E-state index contributed by atoms with van der Waals surface area (Å²) in [7, 11) is 0. The average molecular weight is 207 g/mol. The van der Waals surface area contributed by atoms with Crippen molar-refractivity contribution in [2.24, 2.45) is 0 Å². The number of aromatic nitrogens is 2. The average Bonchev–Trinajstić information content (AvgIpc) is 2.75. The summed E-state index contributed by atoms with van der Waals surface area (Å²) < 4.78 is 7.80. The first kappa shape index (κ1) is 9.21. The van der Waals surface area contributed by atoms with E-state index in [2.05, 4.69) is 14.9 Å². The van der Waals surface area contributed by atoms with Gasteiger partial charge in [-0.3, -0.25) is 0 Å². The number of anilines is 1. The molecule has 1 unspecified atom stereocenters. The summed E-state index contributed by atoms with van der Waals surface area (Å²) >= 11 is 0. The zero-order valence-corrected chi connectivity index (χ0v) is 8.85. The maximum atomic E-state index is 5.63. The third-order valence-electron chi connectivity index (χ3n) is 3.05. The summed E-state index contributed by atoms with van der Waals surface area (Å²) in [6, 6.07) is 0.663. The number of hydrogen-bond acceptors (Lipinski definition) is 3. The summed E-state index contributed by atoms with van der Waals surface area (Å²) in [5.74, 6) is 1.01. The maximum absolute atomic E-state index is 5.63. The molecule has 3 rings (SSSR count). The minimum atomic E-state index is 0.388. The molecule has 2 aliphatic rings. The van der Waals surface area contributed by atoms with Gasteiger partial charge < -0.3 is 14.6 Å². The van der Waals surface area contributed by atoms with E-state index < -0.39 is 0 Å². The van der Waals surface area contributed by atoms with Crippen LogP contribution in [-0.4, -0.2) is 28.3 Å². The Balaban J connectivity index is 1.64. The normalized spacial score (nSPS) is 25.7. The molecule has 82 valence electrons. The third-order valence-corrected chi connectivity index (χ3v) is 3.05. The fraction of sp³-hybridized carbons (Fsp3) is 0.727. The van der Waals surface area contributed by atoms with Gasteiger partial charge in [0.15, 0.2) is 0 Å². The monoisotopic (exact) mass is 207 g/mol. The fourth-order valence-electron chi connectivity index (χ4n) is 2.01. The quantitative estimate of drug-likeness (QED) is 0.815. The Hall–Kier alpha value is -1.03. The molecule has 0 amide bonds. The molecule has 2 heterocycles. The Morgan fingerprint density at radius 2 is 2.40 bits per heavy atom. The molecule has 1 N–H and O–H groups in total. The lowest BCUT2D eigenvalue weighted by Crippen LogP contribution is -2.17. The van der Waals surface area contributed by atoms with Crippen LogP contribution in [0.4, 0.5) is 5.95 Å². The summed E-state index contributed by atoms with van der Waals surface area (Å²) in [5.41, 5.74) is 0. The number of nitrogens with zero attached hydrogens (tertiary/aromatic N) is 2. The van der Waals surface area contributed by atoms with E-state index in [1.54, 1.807) is 0 Å². The second kappa shape index (κ2) is 3.85. The lowest BCUT2D eigenvalue weighted by atomic mass is 10.2. The van der Waals surface area contributed by atoms with Crippen LogP contribution in [-0.2, 0) is 11.3 Å². The second-order valence-corrected chi connectivity index (χ2v) is 4.46. The van der Waals surface area contributed by atoms with E-state index in [4.69, 9.17) is 4.74 Å². The maximum Gasteiger partial charge on any atom is 0.203 e. The predicted octanol–water partition coefficient (Wildman–Crippen LogP) is 1.64. The van der Waals surface area contributed by atoms with E-state index in [9.17, 15) is 0 Å². The molecule has 0 spiro atoms. The molecule has 2 fully saturated rings. The lowest BCUT2D eigenvalue weighted by Gasteiger charge is -2.13. The van der Waals surface area contributed by atoms with Gasteiger partial charge in [0, 0.05) is 25.0 Å². The van der Waals surface area contributed by atoms with Crippen LogP contribution in [0.3, 0.4) is 0 Å².